The van der Waals surface area contributed by atoms with Gasteiger partial charge < -0.3 is 5.11 Å². The van der Waals surface area contributed by atoms with Crippen LogP contribution >= 0.6 is 11.8 Å². The summed E-state index contributed by atoms with van der Waals surface area (Å²) in [6.07, 6.45) is 0. The lowest BCUT2D eigenvalue weighted by atomic mass is 10.2. The number of thioether (sulfide) groups is 1. The van der Waals surface area contributed by atoms with Crippen LogP contribution in [0.1, 0.15) is 15.9 Å². The Hall–Kier alpha value is -1.95. The fraction of sp³-hybridized carbons (Fsp3) is 0.0714. The van der Waals surface area contributed by atoms with Crippen molar-refractivity contribution in [3.05, 3.63) is 65.0 Å². The molecule has 1 N–H and O–H groups in total. The quantitative estimate of drug-likeness (QED) is 0.864. The number of hydrogen-bond acceptors (Lipinski definition) is 2. The van der Waals surface area contributed by atoms with E-state index in [1.807, 2.05) is 0 Å². The van der Waals surface area contributed by atoms with Gasteiger partial charge in [0, 0.05) is 16.2 Å². The van der Waals surface area contributed by atoms with Crippen molar-refractivity contribution in [1.29, 1.82) is 0 Å². The zero-order valence-electron chi connectivity index (χ0n) is 10.1. The van der Waals surface area contributed by atoms with E-state index >= 15 is 0 Å². The molecule has 0 aromatic heterocycles. The van der Waals surface area contributed by atoms with Crippen LogP contribution in [-0.4, -0.2) is 11.1 Å². The lowest BCUT2D eigenvalue weighted by Crippen LogP contribution is -1.98. The first-order valence-electron chi connectivity index (χ1n) is 5.57. The van der Waals surface area contributed by atoms with E-state index in [0.717, 1.165) is 42.1 Å². The molecular formula is C14H9F3O2S. The van der Waals surface area contributed by atoms with Crippen LogP contribution in [0.25, 0.3) is 0 Å². The molecule has 0 heterocycles. The van der Waals surface area contributed by atoms with Gasteiger partial charge in [0.25, 0.3) is 0 Å². The molecule has 0 aliphatic heterocycles. The maximum absolute atomic E-state index is 13.5. The number of benzene rings is 2. The van der Waals surface area contributed by atoms with Crippen molar-refractivity contribution in [2.75, 3.05) is 0 Å². The van der Waals surface area contributed by atoms with Crippen molar-refractivity contribution in [2.24, 2.45) is 0 Å². The predicted molar refractivity (Wildman–Crippen MR) is 69.3 cm³/mol. The molecule has 0 radical (unpaired) electrons. The third kappa shape index (κ3) is 3.14. The van der Waals surface area contributed by atoms with Gasteiger partial charge in [-0.3, -0.25) is 0 Å². The zero-order chi connectivity index (χ0) is 14.7. The van der Waals surface area contributed by atoms with Gasteiger partial charge >= 0.3 is 5.97 Å². The van der Waals surface area contributed by atoms with Gasteiger partial charge in [-0.1, -0.05) is 6.07 Å². The summed E-state index contributed by atoms with van der Waals surface area (Å²) in [5.41, 5.74) is -0.250. The minimum Gasteiger partial charge on any atom is -0.478 e. The van der Waals surface area contributed by atoms with Gasteiger partial charge in [-0.05, 0) is 30.3 Å². The Bertz CT molecular complexity index is 639. The van der Waals surface area contributed by atoms with Crippen molar-refractivity contribution >= 4 is 17.7 Å². The molecular weight excluding hydrogens is 289 g/mol. The third-order valence-corrected chi connectivity index (χ3v) is 3.67. The summed E-state index contributed by atoms with van der Waals surface area (Å²) in [4.78, 5) is 10.8. The fourth-order valence-corrected chi connectivity index (χ4v) is 2.56. The first kappa shape index (κ1) is 14.5. The van der Waals surface area contributed by atoms with Gasteiger partial charge in [0.1, 0.15) is 17.5 Å². The molecule has 0 saturated heterocycles. The molecule has 0 spiro atoms. The first-order valence-corrected chi connectivity index (χ1v) is 6.56. The number of halogens is 3. The second-order valence-electron chi connectivity index (χ2n) is 3.94. The number of carboxylic acids is 1. The van der Waals surface area contributed by atoms with Crippen LogP contribution in [0, 0.1) is 17.5 Å². The predicted octanol–water partition coefficient (Wildman–Crippen LogP) is 4.09. The lowest BCUT2D eigenvalue weighted by Gasteiger charge is -2.06. The monoisotopic (exact) mass is 298 g/mol. The van der Waals surface area contributed by atoms with E-state index in [1.54, 1.807) is 0 Å². The Balaban J connectivity index is 2.23. The molecule has 2 aromatic rings. The average Bonchev–Trinajstić information content (AvgIpc) is 2.39. The van der Waals surface area contributed by atoms with E-state index in [0.29, 0.717) is 0 Å². The highest BCUT2D eigenvalue weighted by Gasteiger charge is 2.12. The van der Waals surface area contributed by atoms with Crippen molar-refractivity contribution in [1.82, 2.24) is 0 Å². The van der Waals surface area contributed by atoms with Crippen LogP contribution in [0.4, 0.5) is 13.2 Å². The highest BCUT2D eigenvalue weighted by molar-refractivity contribution is 7.98. The molecule has 2 nitrogen and oxygen atoms in total. The number of carbonyl (C=O) groups is 1. The van der Waals surface area contributed by atoms with E-state index in [-0.39, 0.29) is 21.8 Å². The fourth-order valence-electron chi connectivity index (χ4n) is 1.57. The number of hydrogen-bond donors (Lipinski definition) is 1. The lowest BCUT2D eigenvalue weighted by molar-refractivity contribution is 0.0696. The molecule has 0 saturated carbocycles. The summed E-state index contributed by atoms with van der Waals surface area (Å²) in [5, 5.41) is 8.82. The molecule has 104 valence electrons. The number of aromatic carboxylic acids is 1. The maximum atomic E-state index is 13.5. The summed E-state index contributed by atoms with van der Waals surface area (Å²) >= 11 is 0.842. The SMILES string of the molecule is O=C(O)c1ccc(F)c(SCc2c(F)cccc2F)c1. The van der Waals surface area contributed by atoms with E-state index in [4.69, 9.17) is 5.11 Å². The molecule has 20 heavy (non-hydrogen) atoms. The minimum absolute atomic E-state index is 0.0348. The van der Waals surface area contributed by atoms with Gasteiger partial charge in [-0.15, -0.1) is 11.8 Å². The van der Waals surface area contributed by atoms with E-state index < -0.39 is 23.4 Å². The van der Waals surface area contributed by atoms with Crippen LogP contribution in [0.5, 0.6) is 0 Å². The molecule has 0 amide bonds. The second-order valence-corrected chi connectivity index (χ2v) is 4.96. The Morgan fingerprint density at radius 2 is 1.70 bits per heavy atom. The molecule has 6 heteroatoms. The minimum atomic E-state index is -1.19. The summed E-state index contributed by atoms with van der Waals surface area (Å²) < 4.78 is 40.4. The Kier molecular flexibility index (Phi) is 4.34. The van der Waals surface area contributed by atoms with Crippen molar-refractivity contribution in [2.45, 2.75) is 10.6 Å². The van der Waals surface area contributed by atoms with Crippen molar-refractivity contribution < 1.29 is 23.1 Å². The van der Waals surface area contributed by atoms with Crippen LogP contribution in [0.2, 0.25) is 0 Å². The Labute approximate surface area is 117 Å². The van der Waals surface area contributed by atoms with Crippen molar-refractivity contribution in [3.8, 4) is 0 Å². The van der Waals surface area contributed by atoms with Crippen molar-refractivity contribution in [3.63, 3.8) is 0 Å². The third-order valence-electron chi connectivity index (χ3n) is 2.61. The number of rotatable bonds is 4. The highest BCUT2D eigenvalue weighted by atomic mass is 32.2. The topological polar surface area (TPSA) is 37.3 Å². The Morgan fingerprint density at radius 1 is 1.05 bits per heavy atom. The second kappa shape index (κ2) is 6.00. The summed E-state index contributed by atoms with van der Waals surface area (Å²) in [7, 11) is 0. The number of carboxylic acid groups (broad SMARTS) is 1. The highest BCUT2D eigenvalue weighted by Crippen LogP contribution is 2.28. The average molecular weight is 298 g/mol. The molecule has 2 rings (SSSR count). The van der Waals surface area contributed by atoms with Gasteiger partial charge in [0.05, 0.1) is 5.56 Å². The Morgan fingerprint density at radius 3 is 2.30 bits per heavy atom. The van der Waals surface area contributed by atoms with Crippen LogP contribution < -0.4 is 0 Å². The summed E-state index contributed by atoms with van der Waals surface area (Å²) in [5.74, 6) is -3.38. The molecule has 0 aliphatic rings. The van der Waals surface area contributed by atoms with Crippen LogP contribution in [-0.2, 0) is 5.75 Å². The zero-order valence-corrected chi connectivity index (χ0v) is 10.9. The van der Waals surface area contributed by atoms with Gasteiger partial charge in [-0.25, -0.2) is 18.0 Å². The van der Waals surface area contributed by atoms with Crippen LogP contribution in [0.15, 0.2) is 41.3 Å². The summed E-state index contributed by atoms with van der Waals surface area (Å²) in [6, 6.07) is 6.76. The molecule has 0 bridgehead atoms. The van der Waals surface area contributed by atoms with E-state index in [9.17, 15) is 18.0 Å². The van der Waals surface area contributed by atoms with E-state index in [2.05, 4.69) is 0 Å². The first-order chi connectivity index (χ1) is 9.49. The van der Waals surface area contributed by atoms with Gasteiger partial charge in [-0.2, -0.15) is 0 Å². The molecule has 0 unspecified atom stereocenters. The molecule has 0 atom stereocenters. The van der Waals surface area contributed by atoms with Gasteiger partial charge in [0.2, 0.25) is 0 Å². The molecule has 0 fully saturated rings. The summed E-state index contributed by atoms with van der Waals surface area (Å²) in [6.45, 7) is 0. The smallest absolute Gasteiger partial charge is 0.335 e. The standard InChI is InChI=1S/C14H9F3O2S/c15-10-2-1-3-11(16)9(10)7-20-13-6-8(14(18)19)4-5-12(13)17/h1-6H,7H2,(H,18,19). The van der Waals surface area contributed by atoms with Gasteiger partial charge in [0.15, 0.2) is 0 Å². The maximum Gasteiger partial charge on any atom is 0.335 e. The molecule has 0 aliphatic carbocycles. The molecule has 2 aromatic carbocycles. The van der Waals surface area contributed by atoms with E-state index in [1.165, 1.54) is 6.07 Å². The van der Waals surface area contributed by atoms with Crippen LogP contribution in [0.3, 0.4) is 0 Å². The normalized spacial score (nSPS) is 10.6. The largest absolute Gasteiger partial charge is 0.478 e.